The molecule has 0 N–H and O–H groups in total. The summed E-state index contributed by atoms with van der Waals surface area (Å²) in [6.45, 7) is 0.402. The molecule has 0 radical (unpaired) electrons. The van der Waals surface area contributed by atoms with Gasteiger partial charge in [-0.1, -0.05) is 53.3 Å². The predicted octanol–water partition coefficient (Wildman–Crippen LogP) is 4.04. The number of aromatic nitrogens is 4. The van der Waals surface area contributed by atoms with Gasteiger partial charge >= 0.3 is 5.97 Å². The van der Waals surface area contributed by atoms with Crippen LogP contribution in [0.5, 0.6) is 0 Å². The Morgan fingerprint density at radius 3 is 2.81 bits per heavy atom. The first-order chi connectivity index (χ1) is 12.7. The number of benzene rings is 2. The third kappa shape index (κ3) is 3.07. The van der Waals surface area contributed by atoms with Crippen LogP contribution in [0.1, 0.15) is 15.4 Å². The maximum Gasteiger partial charge on any atom is 0.340 e. The SMILES string of the molecule is COC(=O)c1cc(Cl)cc2cnn(Cc3nnc(-c4ccccc4)s3)c12. The van der Waals surface area contributed by atoms with Crippen molar-refractivity contribution < 1.29 is 9.53 Å². The molecule has 0 spiro atoms. The zero-order valence-electron chi connectivity index (χ0n) is 13.7. The first-order valence-electron chi connectivity index (χ1n) is 7.77. The highest BCUT2D eigenvalue weighted by Gasteiger charge is 2.18. The highest BCUT2D eigenvalue weighted by Crippen LogP contribution is 2.27. The lowest BCUT2D eigenvalue weighted by Gasteiger charge is -2.06. The van der Waals surface area contributed by atoms with Crippen molar-refractivity contribution in [1.29, 1.82) is 0 Å². The fourth-order valence-corrected chi connectivity index (χ4v) is 3.78. The van der Waals surface area contributed by atoms with Crippen molar-refractivity contribution in [3.8, 4) is 10.6 Å². The van der Waals surface area contributed by atoms with E-state index in [4.69, 9.17) is 16.3 Å². The second-order valence-electron chi connectivity index (χ2n) is 5.55. The fourth-order valence-electron chi connectivity index (χ4n) is 2.72. The van der Waals surface area contributed by atoms with Gasteiger partial charge in [-0.05, 0) is 12.1 Å². The summed E-state index contributed by atoms with van der Waals surface area (Å²) in [5, 5.41) is 15.7. The molecular weight excluding hydrogens is 372 g/mol. The number of rotatable bonds is 4. The molecule has 0 saturated carbocycles. The van der Waals surface area contributed by atoms with E-state index in [1.54, 1.807) is 23.0 Å². The molecule has 6 nitrogen and oxygen atoms in total. The molecule has 4 aromatic rings. The zero-order valence-corrected chi connectivity index (χ0v) is 15.3. The van der Waals surface area contributed by atoms with Crippen molar-refractivity contribution >= 4 is 39.8 Å². The maximum absolute atomic E-state index is 12.1. The quantitative estimate of drug-likeness (QED) is 0.496. The summed E-state index contributed by atoms with van der Waals surface area (Å²) in [5.41, 5.74) is 2.06. The Kier molecular flexibility index (Phi) is 4.40. The number of carbonyl (C=O) groups is 1. The third-order valence-corrected chi connectivity index (χ3v) is 5.05. The third-order valence-electron chi connectivity index (χ3n) is 3.88. The van der Waals surface area contributed by atoms with Crippen LogP contribution >= 0.6 is 22.9 Å². The van der Waals surface area contributed by atoms with E-state index < -0.39 is 5.97 Å². The molecule has 0 atom stereocenters. The van der Waals surface area contributed by atoms with E-state index in [0.717, 1.165) is 21.0 Å². The normalized spacial score (nSPS) is 11.0. The van der Waals surface area contributed by atoms with Gasteiger partial charge in [-0.2, -0.15) is 5.10 Å². The number of hydrogen-bond acceptors (Lipinski definition) is 6. The van der Waals surface area contributed by atoms with Gasteiger partial charge in [0.2, 0.25) is 0 Å². The van der Waals surface area contributed by atoms with E-state index in [1.807, 2.05) is 30.3 Å². The molecule has 0 saturated heterocycles. The van der Waals surface area contributed by atoms with Crippen molar-refractivity contribution in [2.75, 3.05) is 7.11 Å². The Morgan fingerprint density at radius 1 is 1.23 bits per heavy atom. The molecule has 2 aromatic carbocycles. The van der Waals surface area contributed by atoms with E-state index in [9.17, 15) is 4.79 Å². The summed E-state index contributed by atoms with van der Waals surface area (Å²) < 4.78 is 6.59. The number of nitrogens with zero attached hydrogens (tertiary/aromatic N) is 4. The van der Waals surface area contributed by atoms with E-state index in [-0.39, 0.29) is 0 Å². The molecule has 8 heteroatoms. The molecule has 26 heavy (non-hydrogen) atoms. The second kappa shape index (κ2) is 6.86. The van der Waals surface area contributed by atoms with Crippen LogP contribution in [0, 0.1) is 0 Å². The van der Waals surface area contributed by atoms with Crippen molar-refractivity contribution in [2.45, 2.75) is 6.54 Å². The molecule has 0 aliphatic carbocycles. The van der Waals surface area contributed by atoms with Crippen molar-refractivity contribution in [2.24, 2.45) is 0 Å². The summed E-state index contributed by atoms with van der Waals surface area (Å²) in [6, 6.07) is 13.2. The molecule has 2 heterocycles. The molecule has 130 valence electrons. The van der Waals surface area contributed by atoms with Gasteiger partial charge in [0.25, 0.3) is 0 Å². The minimum Gasteiger partial charge on any atom is -0.465 e. The van der Waals surface area contributed by atoms with Crippen LogP contribution in [-0.4, -0.2) is 33.1 Å². The standard InChI is InChI=1S/C18H13ClN4O2S/c1-25-18(24)14-8-13(19)7-12-9-20-23(16(12)14)10-15-21-22-17(26-15)11-5-3-2-4-6-11/h2-9H,10H2,1H3. The van der Waals surface area contributed by atoms with Crippen molar-refractivity contribution in [3.05, 3.63) is 64.3 Å². The van der Waals surface area contributed by atoms with Gasteiger partial charge in [0.1, 0.15) is 10.0 Å². The second-order valence-corrected chi connectivity index (χ2v) is 7.05. The average molecular weight is 385 g/mol. The van der Waals surface area contributed by atoms with Crippen LogP contribution < -0.4 is 0 Å². The summed E-state index contributed by atoms with van der Waals surface area (Å²) in [5.74, 6) is -0.457. The van der Waals surface area contributed by atoms with E-state index in [1.165, 1.54) is 18.4 Å². The Bertz CT molecular complexity index is 1090. The first-order valence-corrected chi connectivity index (χ1v) is 8.96. The molecule has 0 amide bonds. The Balaban J connectivity index is 1.72. The molecule has 0 unspecified atom stereocenters. The van der Waals surface area contributed by atoms with Gasteiger partial charge in [-0.3, -0.25) is 4.68 Å². The van der Waals surface area contributed by atoms with Gasteiger partial charge in [0.15, 0.2) is 0 Å². The minimum atomic E-state index is -0.457. The number of halogens is 1. The molecule has 0 aliphatic heterocycles. The van der Waals surface area contributed by atoms with Crippen LogP contribution in [0.3, 0.4) is 0 Å². The summed E-state index contributed by atoms with van der Waals surface area (Å²) in [7, 11) is 1.34. The van der Waals surface area contributed by atoms with Gasteiger partial charge in [-0.15, -0.1) is 10.2 Å². The summed E-state index contributed by atoms with van der Waals surface area (Å²) in [4.78, 5) is 12.1. The van der Waals surface area contributed by atoms with E-state index in [0.29, 0.717) is 22.6 Å². The topological polar surface area (TPSA) is 69.9 Å². The van der Waals surface area contributed by atoms with Crippen LogP contribution in [-0.2, 0) is 11.3 Å². The molecule has 2 aromatic heterocycles. The smallest absolute Gasteiger partial charge is 0.340 e. The first kappa shape index (κ1) is 16.7. The number of hydrogen-bond donors (Lipinski definition) is 0. The highest BCUT2D eigenvalue weighted by molar-refractivity contribution is 7.14. The lowest BCUT2D eigenvalue weighted by atomic mass is 10.1. The van der Waals surface area contributed by atoms with Crippen LogP contribution in [0.25, 0.3) is 21.5 Å². The average Bonchev–Trinajstić information content (AvgIpc) is 3.29. The molecule has 0 bridgehead atoms. The monoisotopic (exact) mass is 384 g/mol. The Morgan fingerprint density at radius 2 is 2.04 bits per heavy atom. The Labute approximate surface area is 158 Å². The van der Waals surface area contributed by atoms with Crippen LogP contribution in [0.2, 0.25) is 5.02 Å². The van der Waals surface area contributed by atoms with E-state index >= 15 is 0 Å². The molecule has 4 rings (SSSR count). The summed E-state index contributed by atoms with van der Waals surface area (Å²) >= 11 is 7.59. The minimum absolute atomic E-state index is 0.375. The number of methoxy groups -OCH3 is 1. The Hall–Kier alpha value is -2.77. The predicted molar refractivity (Wildman–Crippen MR) is 101 cm³/mol. The molecule has 0 aliphatic rings. The molecular formula is C18H13ClN4O2S. The van der Waals surface area contributed by atoms with Gasteiger partial charge < -0.3 is 4.74 Å². The van der Waals surface area contributed by atoms with Gasteiger partial charge in [0, 0.05) is 16.0 Å². The largest absolute Gasteiger partial charge is 0.465 e. The van der Waals surface area contributed by atoms with Crippen molar-refractivity contribution in [3.63, 3.8) is 0 Å². The van der Waals surface area contributed by atoms with Gasteiger partial charge in [-0.25, -0.2) is 4.79 Å². The van der Waals surface area contributed by atoms with Crippen LogP contribution in [0.15, 0.2) is 48.7 Å². The molecule has 0 fully saturated rings. The number of esters is 1. The highest BCUT2D eigenvalue weighted by atomic mass is 35.5. The van der Waals surface area contributed by atoms with E-state index in [2.05, 4.69) is 15.3 Å². The van der Waals surface area contributed by atoms with Crippen LogP contribution in [0.4, 0.5) is 0 Å². The summed E-state index contributed by atoms with van der Waals surface area (Å²) in [6.07, 6.45) is 1.67. The van der Waals surface area contributed by atoms with Crippen molar-refractivity contribution in [1.82, 2.24) is 20.0 Å². The number of carbonyl (C=O) groups excluding carboxylic acids is 1. The zero-order chi connectivity index (χ0) is 18.1. The van der Waals surface area contributed by atoms with Gasteiger partial charge in [0.05, 0.1) is 30.9 Å². The maximum atomic E-state index is 12.1. The number of ether oxygens (including phenoxy) is 1. The lowest BCUT2D eigenvalue weighted by molar-refractivity contribution is 0.0602. The number of fused-ring (bicyclic) bond motifs is 1. The fraction of sp³-hybridized carbons (Fsp3) is 0.111. The lowest BCUT2D eigenvalue weighted by Crippen LogP contribution is -2.08.